The van der Waals surface area contributed by atoms with Crippen molar-refractivity contribution in [3.63, 3.8) is 0 Å². The molecule has 3 nitrogen and oxygen atoms in total. The van der Waals surface area contributed by atoms with E-state index in [1.54, 1.807) is 0 Å². The van der Waals surface area contributed by atoms with Crippen LogP contribution in [0.1, 0.15) is 0 Å². The molecule has 2 unspecified atom stereocenters. The Bertz CT molecular complexity index is 52.7. The van der Waals surface area contributed by atoms with Gasteiger partial charge in [-0.3, -0.25) is 4.84 Å². The van der Waals surface area contributed by atoms with E-state index in [1.807, 2.05) is 0 Å². The van der Waals surface area contributed by atoms with Gasteiger partial charge in [-0.2, -0.15) is 5.48 Å². The van der Waals surface area contributed by atoms with Crippen molar-refractivity contribution in [1.82, 2.24) is 5.48 Å². The monoisotopic (exact) mass is 73.0 g/mol. The SMILES string of the molecule is N1OC2OC12. The molecule has 2 fully saturated rings. The summed E-state index contributed by atoms with van der Waals surface area (Å²) in [5, 5.41) is 0. The first kappa shape index (κ1) is 2.12. The molecule has 2 atom stereocenters. The molecule has 2 rings (SSSR count). The molecule has 28 valence electrons. The number of hydrogen-bond donors (Lipinski definition) is 1. The zero-order valence-electron chi connectivity index (χ0n) is 2.47. The van der Waals surface area contributed by atoms with Crippen molar-refractivity contribution < 1.29 is 9.57 Å². The van der Waals surface area contributed by atoms with E-state index in [0.717, 1.165) is 0 Å². The van der Waals surface area contributed by atoms with Crippen LogP contribution in [0, 0.1) is 0 Å². The number of rotatable bonds is 0. The largest absolute Gasteiger partial charge is 0.321 e. The number of epoxide rings is 1. The lowest BCUT2D eigenvalue weighted by atomic mass is 10.7. The van der Waals surface area contributed by atoms with Gasteiger partial charge in [0.25, 0.3) is 0 Å². The van der Waals surface area contributed by atoms with Crippen LogP contribution in [-0.2, 0) is 9.57 Å². The van der Waals surface area contributed by atoms with Crippen LogP contribution in [0.25, 0.3) is 0 Å². The average molecular weight is 73.1 g/mol. The number of hydroxylamine groups is 1. The Hall–Kier alpha value is -0.120. The van der Waals surface area contributed by atoms with E-state index in [4.69, 9.17) is 4.74 Å². The van der Waals surface area contributed by atoms with Crippen molar-refractivity contribution in [2.75, 3.05) is 0 Å². The Balaban J connectivity index is 2.19. The summed E-state index contributed by atoms with van der Waals surface area (Å²) < 4.78 is 4.69. The molecule has 0 aromatic carbocycles. The van der Waals surface area contributed by atoms with Crippen molar-refractivity contribution in [2.45, 2.75) is 12.5 Å². The van der Waals surface area contributed by atoms with Gasteiger partial charge in [-0.25, -0.2) is 0 Å². The maximum Gasteiger partial charge on any atom is 0.221 e. The van der Waals surface area contributed by atoms with Crippen molar-refractivity contribution in [3.05, 3.63) is 0 Å². The van der Waals surface area contributed by atoms with Gasteiger partial charge in [0.2, 0.25) is 6.29 Å². The summed E-state index contributed by atoms with van der Waals surface area (Å²) in [6.07, 6.45) is 0.380. The molecule has 0 saturated carbocycles. The van der Waals surface area contributed by atoms with Crippen molar-refractivity contribution in [3.8, 4) is 0 Å². The van der Waals surface area contributed by atoms with Crippen LogP contribution in [0.4, 0.5) is 0 Å². The Morgan fingerprint density at radius 1 is 1.60 bits per heavy atom. The first-order valence-electron chi connectivity index (χ1n) is 1.53. The Morgan fingerprint density at radius 3 is 2.40 bits per heavy atom. The van der Waals surface area contributed by atoms with Crippen LogP contribution in [0.15, 0.2) is 0 Å². The zero-order chi connectivity index (χ0) is 3.28. The van der Waals surface area contributed by atoms with Gasteiger partial charge >= 0.3 is 0 Å². The number of fused-ring (bicyclic) bond motifs is 1. The molecule has 0 aromatic rings. The lowest BCUT2D eigenvalue weighted by molar-refractivity contribution is -0.0619. The highest BCUT2D eigenvalue weighted by atomic mass is 16.9. The summed E-state index contributed by atoms with van der Waals surface area (Å²) in [6, 6.07) is 0. The number of ether oxygens (including phenoxy) is 1. The Labute approximate surface area is 28.8 Å². The molecule has 1 N–H and O–H groups in total. The van der Waals surface area contributed by atoms with Crippen molar-refractivity contribution >= 4 is 0 Å². The van der Waals surface area contributed by atoms with E-state index in [2.05, 4.69) is 10.3 Å². The molecule has 0 spiro atoms. The normalized spacial score (nSPS) is 57.6. The predicted molar refractivity (Wildman–Crippen MR) is 12.9 cm³/mol. The smallest absolute Gasteiger partial charge is 0.221 e. The second-order valence-electron chi connectivity index (χ2n) is 1.16. The van der Waals surface area contributed by atoms with Gasteiger partial charge in [-0.15, -0.1) is 0 Å². The van der Waals surface area contributed by atoms with Gasteiger partial charge in [-0.05, 0) is 0 Å². The minimum Gasteiger partial charge on any atom is -0.321 e. The molecule has 5 heavy (non-hydrogen) atoms. The summed E-state index contributed by atoms with van der Waals surface area (Å²) in [5.41, 5.74) is 2.56. The summed E-state index contributed by atoms with van der Waals surface area (Å²) >= 11 is 0. The quantitative estimate of drug-likeness (QED) is 0.381. The molecule has 0 radical (unpaired) electrons. The highest BCUT2D eigenvalue weighted by Gasteiger charge is 2.50. The Morgan fingerprint density at radius 2 is 2.40 bits per heavy atom. The minimum absolute atomic E-state index is 0.120. The molecule has 0 aliphatic carbocycles. The van der Waals surface area contributed by atoms with E-state index in [-0.39, 0.29) is 12.5 Å². The summed E-state index contributed by atoms with van der Waals surface area (Å²) in [5.74, 6) is 0. The molecule has 2 aliphatic heterocycles. The molecular formula is C2H3NO2. The summed E-state index contributed by atoms with van der Waals surface area (Å²) in [6.45, 7) is 0. The van der Waals surface area contributed by atoms with E-state index in [0.29, 0.717) is 0 Å². The van der Waals surface area contributed by atoms with Crippen LogP contribution < -0.4 is 5.48 Å². The van der Waals surface area contributed by atoms with Crippen molar-refractivity contribution in [2.24, 2.45) is 0 Å². The topological polar surface area (TPSA) is 33.8 Å². The van der Waals surface area contributed by atoms with Crippen molar-refractivity contribution in [1.29, 1.82) is 0 Å². The fourth-order valence-corrected chi connectivity index (χ4v) is 0.334. The minimum atomic E-state index is 0.120. The highest BCUT2D eigenvalue weighted by Crippen LogP contribution is 2.27. The second kappa shape index (κ2) is 0.408. The fraction of sp³-hybridized carbons (Fsp3) is 1.00. The van der Waals surface area contributed by atoms with E-state index < -0.39 is 0 Å². The summed E-state index contributed by atoms with van der Waals surface area (Å²) in [4.78, 5) is 4.53. The predicted octanol–water partition coefficient (Wildman–Crippen LogP) is -0.796. The van der Waals surface area contributed by atoms with Gasteiger partial charge < -0.3 is 4.74 Å². The van der Waals surface area contributed by atoms with Gasteiger partial charge in [0.1, 0.15) is 0 Å². The third-order valence-electron chi connectivity index (χ3n) is 0.752. The number of nitrogens with one attached hydrogen (secondary N) is 1. The van der Waals surface area contributed by atoms with Crippen LogP contribution in [0.3, 0.4) is 0 Å². The zero-order valence-corrected chi connectivity index (χ0v) is 2.47. The first-order valence-corrected chi connectivity index (χ1v) is 1.53. The molecule has 2 heterocycles. The third-order valence-corrected chi connectivity index (χ3v) is 0.752. The summed E-state index contributed by atoms with van der Waals surface area (Å²) in [7, 11) is 0. The standard InChI is InChI=1S/C2H3NO2/c3-1-2(4-1)5-3/h1-3H. The maximum atomic E-state index is 4.69. The van der Waals surface area contributed by atoms with Gasteiger partial charge in [0.05, 0.1) is 0 Å². The molecule has 3 heteroatoms. The second-order valence-corrected chi connectivity index (χ2v) is 1.16. The number of hydrogen-bond acceptors (Lipinski definition) is 3. The van der Waals surface area contributed by atoms with Gasteiger partial charge in [0, 0.05) is 0 Å². The Kier molecular flexibility index (Phi) is 0.173. The third kappa shape index (κ3) is 0.116. The lowest BCUT2D eigenvalue weighted by Crippen LogP contribution is -2.32. The van der Waals surface area contributed by atoms with Crippen LogP contribution in [0.5, 0.6) is 0 Å². The molecule has 0 amide bonds. The molecular weight excluding hydrogens is 70.0 g/mol. The van der Waals surface area contributed by atoms with Crippen LogP contribution in [0.2, 0.25) is 0 Å². The highest BCUT2D eigenvalue weighted by molar-refractivity contribution is 4.76. The molecule has 0 bridgehead atoms. The average Bonchev–Trinajstić information content (AvgIpc) is 1.74. The maximum absolute atomic E-state index is 4.69. The molecule has 0 aromatic heterocycles. The van der Waals surface area contributed by atoms with E-state index >= 15 is 0 Å². The lowest BCUT2D eigenvalue weighted by Gasteiger charge is -2.03. The fourth-order valence-electron chi connectivity index (χ4n) is 0.334. The van der Waals surface area contributed by atoms with Crippen LogP contribution >= 0.6 is 0 Å². The van der Waals surface area contributed by atoms with Crippen LogP contribution in [-0.4, -0.2) is 12.5 Å². The van der Waals surface area contributed by atoms with Gasteiger partial charge in [0.15, 0.2) is 6.23 Å². The molecule has 2 saturated heterocycles. The van der Waals surface area contributed by atoms with E-state index in [1.165, 1.54) is 0 Å². The van der Waals surface area contributed by atoms with E-state index in [9.17, 15) is 0 Å². The van der Waals surface area contributed by atoms with Gasteiger partial charge in [-0.1, -0.05) is 0 Å². The first-order chi connectivity index (χ1) is 2.47. The molecule has 2 aliphatic rings.